The summed E-state index contributed by atoms with van der Waals surface area (Å²) in [6.07, 6.45) is 2.56. The van der Waals surface area contributed by atoms with Gasteiger partial charge in [-0.05, 0) is 53.3 Å². The molecule has 1 aromatic carbocycles. The lowest BCUT2D eigenvalue weighted by atomic mass is 9.96. The molecule has 6 nitrogen and oxygen atoms in total. The first-order valence-corrected chi connectivity index (χ1v) is 9.40. The SMILES string of the molecule is COC(=O)c1c(C2CCCCN2C)n(C(=O)OC(C)(C)C)c2ccccc12. The first-order chi connectivity index (χ1) is 12.7. The Balaban J connectivity index is 2.29. The Labute approximate surface area is 160 Å². The number of methoxy groups -OCH3 is 1. The Morgan fingerprint density at radius 3 is 2.48 bits per heavy atom. The average molecular weight is 372 g/mol. The summed E-state index contributed by atoms with van der Waals surface area (Å²) < 4.78 is 12.3. The summed E-state index contributed by atoms with van der Waals surface area (Å²) in [6, 6.07) is 7.38. The van der Waals surface area contributed by atoms with E-state index in [0.29, 0.717) is 22.2 Å². The van der Waals surface area contributed by atoms with Crippen LogP contribution in [0.4, 0.5) is 4.79 Å². The fraction of sp³-hybridized carbons (Fsp3) is 0.524. The van der Waals surface area contributed by atoms with Crippen LogP contribution in [0.15, 0.2) is 24.3 Å². The third kappa shape index (κ3) is 3.72. The molecule has 1 atom stereocenters. The van der Waals surface area contributed by atoms with Crippen molar-refractivity contribution in [3.63, 3.8) is 0 Å². The van der Waals surface area contributed by atoms with Crippen molar-refractivity contribution in [3.8, 4) is 0 Å². The van der Waals surface area contributed by atoms with Crippen LogP contribution in [0.25, 0.3) is 10.9 Å². The Hall–Kier alpha value is -2.34. The van der Waals surface area contributed by atoms with Gasteiger partial charge >= 0.3 is 12.1 Å². The maximum absolute atomic E-state index is 13.1. The summed E-state index contributed by atoms with van der Waals surface area (Å²) in [6.45, 7) is 6.43. The van der Waals surface area contributed by atoms with E-state index in [1.807, 2.05) is 52.1 Å². The summed E-state index contributed by atoms with van der Waals surface area (Å²) >= 11 is 0. The number of hydrogen-bond acceptors (Lipinski definition) is 5. The van der Waals surface area contributed by atoms with Crippen LogP contribution in [0.3, 0.4) is 0 Å². The summed E-state index contributed by atoms with van der Waals surface area (Å²) in [7, 11) is 3.40. The van der Waals surface area contributed by atoms with Gasteiger partial charge in [0.25, 0.3) is 0 Å². The fourth-order valence-electron chi connectivity index (χ4n) is 3.82. The molecule has 0 bridgehead atoms. The van der Waals surface area contributed by atoms with Crippen molar-refractivity contribution >= 4 is 23.0 Å². The van der Waals surface area contributed by atoms with Crippen LogP contribution in [0.2, 0.25) is 0 Å². The third-order valence-electron chi connectivity index (χ3n) is 4.96. The number of nitrogens with zero attached hydrogens (tertiary/aromatic N) is 2. The Bertz CT molecular complexity index is 863. The van der Waals surface area contributed by atoms with Crippen LogP contribution >= 0.6 is 0 Å². The molecule has 0 saturated carbocycles. The Kier molecular flexibility index (Phi) is 5.29. The summed E-state index contributed by atoms with van der Waals surface area (Å²) in [5.41, 5.74) is 1.15. The van der Waals surface area contributed by atoms with Gasteiger partial charge in [-0.3, -0.25) is 4.90 Å². The highest BCUT2D eigenvalue weighted by Gasteiger charge is 2.35. The molecule has 0 aliphatic carbocycles. The number of ether oxygens (including phenoxy) is 2. The van der Waals surface area contributed by atoms with Gasteiger partial charge in [-0.25, -0.2) is 14.2 Å². The van der Waals surface area contributed by atoms with E-state index in [1.54, 1.807) is 4.57 Å². The number of esters is 1. The molecular weight excluding hydrogens is 344 g/mol. The molecule has 1 aliphatic heterocycles. The van der Waals surface area contributed by atoms with E-state index < -0.39 is 17.7 Å². The topological polar surface area (TPSA) is 60.8 Å². The third-order valence-corrected chi connectivity index (χ3v) is 4.96. The van der Waals surface area contributed by atoms with Crippen molar-refractivity contribution in [2.45, 2.75) is 51.7 Å². The lowest BCUT2D eigenvalue weighted by molar-refractivity contribution is 0.0525. The molecule has 2 heterocycles. The minimum absolute atomic E-state index is 0.0484. The van der Waals surface area contributed by atoms with Gasteiger partial charge in [0.05, 0.1) is 29.9 Å². The smallest absolute Gasteiger partial charge is 0.419 e. The van der Waals surface area contributed by atoms with E-state index in [-0.39, 0.29) is 6.04 Å². The highest BCUT2D eigenvalue weighted by Crippen LogP contribution is 2.38. The molecule has 0 spiro atoms. The molecule has 6 heteroatoms. The Morgan fingerprint density at radius 2 is 1.85 bits per heavy atom. The Morgan fingerprint density at radius 1 is 1.15 bits per heavy atom. The first kappa shape index (κ1) is 19.4. The van der Waals surface area contributed by atoms with Gasteiger partial charge < -0.3 is 9.47 Å². The quantitative estimate of drug-likeness (QED) is 0.733. The molecule has 1 fully saturated rings. The number of para-hydroxylation sites is 1. The zero-order valence-corrected chi connectivity index (χ0v) is 16.7. The molecular formula is C21H28N2O4. The van der Waals surface area contributed by atoms with Crippen molar-refractivity contribution in [2.24, 2.45) is 0 Å². The standard InChI is InChI=1S/C21H28N2O4/c1-21(2,3)27-20(25)23-15-11-7-6-10-14(15)17(19(24)26-5)18(23)16-12-8-9-13-22(16)4/h6-7,10-11,16H,8-9,12-13H2,1-5H3. The van der Waals surface area contributed by atoms with Gasteiger partial charge in [0.1, 0.15) is 5.60 Å². The van der Waals surface area contributed by atoms with Crippen molar-refractivity contribution in [1.82, 2.24) is 9.47 Å². The molecule has 27 heavy (non-hydrogen) atoms. The maximum Gasteiger partial charge on any atom is 0.419 e. The largest absolute Gasteiger partial charge is 0.465 e. The van der Waals surface area contributed by atoms with Gasteiger partial charge in [-0.15, -0.1) is 0 Å². The predicted molar refractivity (Wildman–Crippen MR) is 104 cm³/mol. The number of hydrogen-bond donors (Lipinski definition) is 0. The summed E-state index contributed by atoms with van der Waals surface area (Å²) in [5, 5.41) is 0.712. The van der Waals surface area contributed by atoms with Gasteiger partial charge in [0, 0.05) is 5.39 Å². The van der Waals surface area contributed by atoms with E-state index in [2.05, 4.69) is 4.90 Å². The molecule has 0 radical (unpaired) electrons. The van der Waals surface area contributed by atoms with Gasteiger partial charge in [-0.2, -0.15) is 0 Å². The van der Waals surface area contributed by atoms with Crippen LogP contribution in [0.5, 0.6) is 0 Å². The monoisotopic (exact) mass is 372 g/mol. The van der Waals surface area contributed by atoms with Crippen LogP contribution in [0, 0.1) is 0 Å². The lowest BCUT2D eigenvalue weighted by Crippen LogP contribution is -2.35. The second-order valence-electron chi connectivity index (χ2n) is 8.08. The van der Waals surface area contributed by atoms with Gasteiger partial charge in [-0.1, -0.05) is 24.6 Å². The predicted octanol–water partition coefficient (Wildman–Crippen LogP) is 4.37. The molecule has 1 aromatic heterocycles. The van der Waals surface area contributed by atoms with Crippen molar-refractivity contribution in [1.29, 1.82) is 0 Å². The first-order valence-electron chi connectivity index (χ1n) is 9.40. The van der Waals surface area contributed by atoms with Gasteiger partial charge in [0.15, 0.2) is 0 Å². The second kappa shape index (κ2) is 7.35. The van der Waals surface area contributed by atoms with Crippen molar-refractivity contribution in [2.75, 3.05) is 20.7 Å². The number of aromatic nitrogens is 1. The van der Waals surface area contributed by atoms with Crippen LogP contribution in [-0.4, -0.2) is 47.8 Å². The number of likely N-dealkylation sites (tertiary alicyclic amines) is 1. The average Bonchev–Trinajstić information content (AvgIpc) is 2.95. The molecule has 1 saturated heterocycles. The molecule has 3 rings (SSSR count). The van der Waals surface area contributed by atoms with Crippen LogP contribution in [-0.2, 0) is 9.47 Å². The molecule has 0 amide bonds. The minimum atomic E-state index is -0.635. The zero-order chi connectivity index (χ0) is 19.8. The van der Waals surface area contributed by atoms with Crippen LogP contribution < -0.4 is 0 Å². The molecule has 0 N–H and O–H groups in total. The normalized spacial score (nSPS) is 18.5. The number of carbonyl (C=O) groups is 2. The number of piperidine rings is 1. The number of benzene rings is 1. The zero-order valence-electron chi connectivity index (χ0n) is 16.7. The lowest BCUT2D eigenvalue weighted by Gasteiger charge is -2.33. The van der Waals surface area contributed by atoms with Gasteiger partial charge in [0.2, 0.25) is 0 Å². The van der Waals surface area contributed by atoms with Crippen molar-refractivity contribution < 1.29 is 19.1 Å². The number of rotatable bonds is 2. The molecule has 1 unspecified atom stereocenters. The molecule has 146 valence electrons. The molecule has 1 aliphatic rings. The van der Waals surface area contributed by atoms with Crippen molar-refractivity contribution in [3.05, 3.63) is 35.5 Å². The summed E-state index contributed by atoms with van der Waals surface area (Å²) in [5.74, 6) is -0.428. The maximum atomic E-state index is 13.1. The number of carbonyl (C=O) groups excluding carboxylic acids is 2. The van der Waals surface area contributed by atoms with E-state index in [4.69, 9.17) is 9.47 Å². The minimum Gasteiger partial charge on any atom is -0.465 e. The summed E-state index contributed by atoms with van der Waals surface area (Å²) in [4.78, 5) is 28.1. The van der Waals surface area contributed by atoms with E-state index in [0.717, 1.165) is 25.8 Å². The fourth-order valence-corrected chi connectivity index (χ4v) is 3.82. The highest BCUT2D eigenvalue weighted by molar-refractivity contribution is 6.08. The highest BCUT2D eigenvalue weighted by atomic mass is 16.6. The van der Waals surface area contributed by atoms with E-state index in [1.165, 1.54) is 7.11 Å². The second-order valence-corrected chi connectivity index (χ2v) is 8.08. The van der Waals surface area contributed by atoms with E-state index >= 15 is 0 Å². The number of fused-ring (bicyclic) bond motifs is 1. The molecule has 2 aromatic rings. The van der Waals surface area contributed by atoms with Crippen LogP contribution in [0.1, 0.15) is 62.1 Å². The van der Waals surface area contributed by atoms with E-state index in [9.17, 15) is 9.59 Å².